The number of benzene rings is 1. The molecule has 1 heterocycles. The number of sulfonamides is 1. The van der Waals surface area contributed by atoms with Crippen molar-refractivity contribution in [1.82, 2.24) is 15.2 Å². The third-order valence-electron chi connectivity index (χ3n) is 2.17. The highest BCUT2D eigenvalue weighted by atomic mass is 32.2. The zero-order valence-corrected chi connectivity index (χ0v) is 10.7. The number of H-pyrrole nitrogens is 1. The Kier molecular flexibility index (Phi) is 3.65. The van der Waals surface area contributed by atoms with Crippen molar-refractivity contribution in [2.45, 2.75) is 5.75 Å². The molecule has 1 aromatic carbocycles. The first kappa shape index (κ1) is 13.3. The van der Waals surface area contributed by atoms with Crippen molar-refractivity contribution in [3.05, 3.63) is 35.6 Å². The molecule has 0 saturated heterocycles. The topological polar surface area (TPSA) is 97.0 Å². The smallest absolute Gasteiger partial charge is 0.336 e. The number of hydrogen-bond donors (Lipinski definition) is 2. The van der Waals surface area contributed by atoms with E-state index in [-0.39, 0.29) is 17.7 Å². The van der Waals surface area contributed by atoms with Gasteiger partial charge in [0.2, 0.25) is 16.0 Å². The van der Waals surface area contributed by atoms with Gasteiger partial charge in [-0.25, -0.2) is 17.9 Å². The minimum atomic E-state index is -3.66. The number of nitrogens with one attached hydrogen (secondary N) is 2. The lowest BCUT2D eigenvalue weighted by Gasteiger charge is -2.04. The second-order valence-electron chi connectivity index (χ2n) is 3.66. The van der Waals surface area contributed by atoms with Crippen LogP contribution in [0.1, 0.15) is 5.56 Å². The number of hydrogen-bond acceptors (Lipinski definition) is 5. The zero-order chi connectivity index (χ0) is 13.9. The molecule has 9 heteroatoms. The van der Waals surface area contributed by atoms with Crippen molar-refractivity contribution in [1.29, 1.82) is 0 Å². The van der Waals surface area contributed by atoms with E-state index in [0.717, 1.165) is 0 Å². The van der Waals surface area contributed by atoms with E-state index < -0.39 is 15.8 Å². The van der Waals surface area contributed by atoms with Gasteiger partial charge in [-0.3, -0.25) is 4.72 Å². The minimum Gasteiger partial charge on any atom is -0.466 e. The maximum Gasteiger partial charge on any atom is 0.336 e. The summed E-state index contributed by atoms with van der Waals surface area (Å²) in [6, 6.07) is 5.22. The van der Waals surface area contributed by atoms with Crippen molar-refractivity contribution in [3.8, 4) is 6.01 Å². The Hall–Kier alpha value is -2.16. The van der Waals surface area contributed by atoms with E-state index in [2.05, 4.69) is 19.9 Å². The maximum absolute atomic E-state index is 12.7. The number of aromatic amines is 1. The highest BCUT2D eigenvalue weighted by Gasteiger charge is 2.14. The summed E-state index contributed by atoms with van der Waals surface area (Å²) < 4.78 is 43.3. The van der Waals surface area contributed by atoms with Gasteiger partial charge >= 0.3 is 6.01 Å². The Labute approximate surface area is 108 Å². The van der Waals surface area contributed by atoms with Gasteiger partial charge in [-0.1, -0.05) is 12.1 Å². The summed E-state index contributed by atoms with van der Waals surface area (Å²) in [5.74, 6) is -0.760. The SMILES string of the molecule is COc1n[nH]c(NS(=O)(=O)Cc2ccc(F)cc2)n1. The molecule has 0 radical (unpaired) electrons. The third-order valence-corrected chi connectivity index (χ3v) is 3.39. The molecule has 0 fully saturated rings. The van der Waals surface area contributed by atoms with Gasteiger partial charge in [-0.2, -0.15) is 4.98 Å². The largest absolute Gasteiger partial charge is 0.466 e. The molecule has 0 aliphatic carbocycles. The van der Waals surface area contributed by atoms with Gasteiger partial charge in [0.15, 0.2) is 0 Å². The van der Waals surface area contributed by atoms with E-state index in [0.29, 0.717) is 5.56 Å². The Morgan fingerprint density at radius 1 is 1.37 bits per heavy atom. The zero-order valence-electron chi connectivity index (χ0n) is 9.92. The summed E-state index contributed by atoms with van der Waals surface area (Å²) >= 11 is 0. The number of halogens is 1. The summed E-state index contributed by atoms with van der Waals surface area (Å²) in [6.45, 7) is 0. The molecule has 0 bridgehead atoms. The van der Waals surface area contributed by atoms with Gasteiger partial charge in [-0.05, 0) is 17.7 Å². The molecule has 0 atom stereocenters. The van der Waals surface area contributed by atoms with Crippen LogP contribution in [-0.4, -0.2) is 30.7 Å². The van der Waals surface area contributed by atoms with Crippen LogP contribution in [0.4, 0.5) is 10.3 Å². The van der Waals surface area contributed by atoms with Crippen LogP contribution >= 0.6 is 0 Å². The van der Waals surface area contributed by atoms with Gasteiger partial charge in [-0.15, -0.1) is 5.10 Å². The lowest BCUT2D eigenvalue weighted by Crippen LogP contribution is -2.16. The summed E-state index contributed by atoms with van der Waals surface area (Å²) in [6.07, 6.45) is 0. The molecule has 19 heavy (non-hydrogen) atoms. The second-order valence-corrected chi connectivity index (χ2v) is 5.38. The van der Waals surface area contributed by atoms with Crippen LogP contribution in [0.15, 0.2) is 24.3 Å². The number of nitrogens with zero attached hydrogens (tertiary/aromatic N) is 2. The number of rotatable bonds is 5. The Morgan fingerprint density at radius 3 is 2.63 bits per heavy atom. The maximum atomic E-state index is 12.7. The summed E-state index contributed by atoms with van der Waals surface area (Å²) in [4.78, 5) is 3.73. The normalized spacial score (nSPS) is 11.3. The molecular formula is C10H11FN4O3S. The van der Waals surface area contributed by atoms with E-state index in [1.807, 2.05) is 0 Å². The van der Waals surface area contributed by atoms with Crippen LogP contribution < -0.4 is 9.46 Å². The quantitative estimate of drug-likeness (QED) is 0.851. The monoisotopic (exact) mass is 286 g/mol. The van der Waals surface area contributed by atoms with E-state index in [4.69, 9.17) is 4.74 Å². The molecule has 102 valence electrons. The Morgan fingerprint density at radius 2 is 2.05 bits per heavy atom. The van der Waals surface area contributed by atoms with Crippen LogP contribution in [0.5, 0.6) is 6.01 Å². The predicted molar refractivity (Wildman–Crippen MR) is 65.6 cm³/mol. The molecule has 2 aromatic rings. The van der Waals surface area contributed by atoms with Gasteiger partial charge in [0, 0.05) is 0 Å². The first-order valence-corrected chi connectivity index (χ1v) is 6.85. The standard InChI is InChI=1S/C10H11FN4O3S/c1-18-10-12-9(13-14-10)15-19(16,17)6-7-2-4-8(11)5-3-7/h2-5H,6H2,1H3,(H2,12,13,14,15). The van der Waals surface area contributed by atoms with Crippen molar-refractivity contribution < 1.29 is 17.5 Å². The molecule has 0 aliphatic rings. The second kappa shape index (κ2) is 5.22. The van der Waals surface area contributed by atoms with Crippen LogP contribution in [-0.2, 0) is 15.8 Å². The van der Waals surface area contributed by atoms with Gasteiger partial charge < -0.3 is 4.74 Å². The first-order chi connectivity index (χ1) is 8.98. The average Bonchev–Trinajstić information content (AvgIpc) is 2.78. The van der Waals surface area contributed by atoms with Gasteiger partial charge in [0.05, 0.1) is 12.9 Å². The third kappa shape index (κ3) is 3.65. The molecular weight excluding hydrogens is 275 g/mol. The van der Waals surface area contributed by atoms with Crippen LogP contribution in [0.3, 0.4) is 0 Å². The lowest BCUT2D eigenvalue weighted by atomic mass is 10.2. The highest BCUT2D eigenvalue weighted by Crippen LogP contribution is 2.11. The number of ether oxygens (including phenoxy) is 1. The van der Waals surface area contributed by atoms with Crippen molar-refractivity contribution in [2.75, 3.05) is 11.8 Å². The molecule has 0 unspecified atom stereocenters. The summed E-state index contributed by atoms with van der Waals surface area (Å²) in [7, 11) is -2.30. The highest BCUT2D eigenvalue weighted by molar-refractivity contribution is 7.91. The fraction of sp³-hybridized carbons (Fsp3) is 0.200. The van der Waals surface area contributed by atoms with Crippen molar-refractivity contribution >= 4 is 16.0 Å². The molecule has 1 aromatic heterocycles. The molecule has 2 N–H and O–H groups in total. The number of methoxy groups -OCH3 is 1. The Balaban J connectivity index is 2.08. The molecule has 0 saturated carbocycles. The fourth-order valence-corrected chi connectivity index (χ4v) is 2.46. The van der Waals surface area contributed by atoms with Crippen molar-refractivity contribution in [3.63, 3.8) is 0 Å². The van der Waals surface area contributed by atoms with Gasteiger partial charge in [0.1, 0.15) is 5.82 Å². The van der Waals surface area contributed by atoms with E-state index in [1.54, 1.807) is 0 Å². The molecule has 7 nitrogen and oxygen atoms in total. The molecule has 0 amide bonds. The first-order valence-electron chi connectivity index (χ1n) is 5.20. The van der Waals surface area contributed by atoms with Crippen LogP contribution in [0, 0.1) is 5.82 Å². The van der Waals surface area contributed by atoms with E-state index in [9.17, 15) is 12.8 Å². The Bertz CT molecular complexity index is 654. The molecule has 2 rings (SSSR count). The van der Waals surface area contributed by atoms with Crippen LogP contribution in [0.2, 0.25) is 0 Å². The van der Waals surface area contributed by atoms with E-state index in [1.165, 1.54) is 31.4 Å². The molecule has 0 spiro atoms. The lowest BCUT2D eigenvalue weighted by molar-refractivity contribution is 0.382. The van der Waals surface area contributed by atoms with Gasteiger partial charge in [0.25, 0.3) is 0 Å². The minimum absolute atomic E-state index is 0.0273. The predicted octanol–water partition coefficient (Wildman–Crippen LogP) is 0.894. The van der Waals surface area contributed by atoms with E-state index >= 15 is 0 Å². The van der Waals surface area contributed by atoms with Crippen LogP contribution in [0.25, 0.3) is 0 Å². The molecule has 0 aliphatic heterocycles. The van der Waals surface area contributed by atoms with Crippen molar-refractivity contribution in [2.24, 2.45) is 0 Å². The number of anilines is 1. The fourth-order valence-electron chi connectivity index (χ4n) is 1.37. The average molecular weight is 286 g/mol. The number of aromatic nitrogens is 3. The summed E-state index contributed by atoms with van der Waals surface area (Å²) in [5, 5.41) is 5.97. The summed E-state index contributed by atoms with van der Waals surface area (Å²) in [5.41, 5.74) is 0.459.